The molecule has 0 spiro atoms. The lowest BCUT2D eigenvalue weighted by Crippen LogP contribution is -2.36. The van der Waals surface area contributed by atoms with Crippen LogP contribution in [0.3, 0.4) is 0 Å². The van der Waals surface area contributed by atoms with Crippen molar-refractivity contribution in [3.63, 3.8) is 0 Å². The molecule has 1 aromatic heterocycles. The summed E-state index contributed by atoms with van der Waals surface area (Å²) in [6, 6.07) is 0.198. The van der Waals surface area contributed by atoms with E-state index in [0.29, 0.717) is 11.1 Å². The van der Waals surface area contributed by atoms with Gasteiger partial charge in [-0.25, -0.2) is 0 Å². The third-order valence-electron chi connectivity index (χ3n) is 3.34. The van der Waals surface area contributed by atoms with Crippen molar-refractivity contribution in [3.8, 4) is 0 Å². The number of aromatic amines is 1. The number of aliphatic hydroxyl groups excluding tert-OH is 3. The predicted molar refractivity (Wildman–Crippen MR) is 65.0 cm³/mol. The number of hydrogen-bond donors (Lipinski definition) is 6. The lowest BCUT2D eigenvalue weighted by atomic mass is 10.0. The Balaban J connectivity index is 2.39. The van der Waals surface area contributed by atoms with E-state index in [2.05, 4.69) is 10.3 Å². The quantitative estimate of drug-likeness (QED) is 0.362. The van der Waals surface area contributed by atoms with Gasteiger partial charge in [-0.1, -0.05) is 0 Å². The first-order chi connectivity index (χ1) is 8.45. The van der Waals surface area contributed by atoms with Gasteiger partial charge in [0.1, 0.15) is 11.9 Å². The average molecular weight is 255 g/mol. The standard InChI is InChI=1S/C11H17N3O4/c1-4-2-5(11(18)14-10(4)12)7-9(17)8(16)6(3-15)13-7/h2,6-9,13,15-17H,3H2,1H3,(H3,12,14,18). The molecule has 4 atom stereocenters. The molecule has 1 saturated heterocycles. The number of H-pyrrole nitrogens is 1. The van der Waals surface area contributed by atoms with Gasteiger partial charge in [0.25, 0.3) is 5.56 Å². The van der Waals surface area contributed by atoms with Crippen molar-refractivity contribution in [3.05, 3.63) is 27.5 Å². The third kappa shape index (κ3) is 2.01. The number of anilines is 1. The molecular formula is C11H17N3O4. The molecule has 7 heteroatoms. The van der Waals surface area contributed by atoms with Crippen molar-refractivity contribution in [1.29, 1.82) is 0 Å². The van der Waals surface area contributed by atoms with Gasteiger partial charge in [-0.15, -0.1) is 0 Å². The van der Waals surface area contributed by atoms with Crippen molar-refractivity contribution >= 4 is 5.82 Å². The highest BCUT2D eigenvalue weighted by Gasteiger charge is 2.42. The lowest BCUT2D eigenvalue weighted by Gasteiger charge is -2.16. The largest absolute Gasteiger partial charge is 0.395 e. The highest BCUT2D eigenvalue weighted by atomic mass is 16.3. The summed E-state index contributed by atoms with van der Waals surface area (Å²) in [6.07, 6.45) is -2.26. The van der Waals surface area contributed by atoms with E-state index in [4.69, 9.17) is 10.8 Å². The van der Waals surface area contributed by atoms with Crippen molar-refractivity contribution in [2.75, 3.05) is 12.3 Å². The molecule has 2 heterocycles. The molecule has 0 bridgehead atoms. The van der Waals surface area contributed by atoms with Crippen LogP contribution in [0, 0.1) is 6.92 Å². The van der Waals surface area contributed by atoms with Crippen LogP contribution in [0.5, 0.6) is 0 Å². The van der Waals surface area contributed by atoms with Crippen LogP contribution in [0.1, 0.15) is 17.2 Å². The normalized spacial score (nSPS) is 31.8. The van der Waals surface area contributed by atoms with Crippen LogP contribution in [-0.2, 0) is 0 Å². The Kier molecular flexibility index (Phi) is 3.40. The Bertz CT molecular complexity index is 502. The van der Waals surface area contributed by atoms with Crippen LogP contribution in [-0.4, -0.2) is 45.2 Å². The summed E-state index contributed by atoms with van der Waals surface area (Å²) in [5.41, 5.74) is 6.14. The fourth-order valence-electron chi connectivity index (χ4n) is 2.20. The van der Waals surface area contributed by atoms with E-state index in [9.17, 15) is 15.0 Å². The SMILES string of the molecule is Cc1cc(C2NC(CO)C(O)C2O)c(=O)[nH]c1N. The molecule has 7 nitrogen and oxygen atoms in total. The van der Waals surface area contributed by atoms with E-state index in [1.54, 1.807) is 13.0 Å². The number of nitrogens with two attached hydrogens (primary N) is 1. The van der Waals surface area contributed by atoms with Gasteiger partial charge in [-0.2, -0.15) is 0 Å². The molecule has 1 aliphatic heterocycles. The third-order valence-corrected chi connectivity index (χ3v) is 3.34. The zero-order valence-electron chi connectivity index (χ0n) is 9.92. The second-order valence-electron chi connectivity index (χ2n) is 4.57. The van der Waals surface area contributed by atoms with Crippen LogP contribution in [0.4, 0.5) is 5.82 Å². The summed E-state index contributed by atoms with van der Waals surface area (Å²) in [7, 11) is 0. The van der Waals surface area contributed by atoms with Crippen LogP contribution < -0.4 is 16.6 Å². The highest BCUT2D eigenvalue weighted by Crippen LogP contribution is 2.26. The Morgan fingerprint density at radius 2 is 2.06 bits per heavy atom. The van der Waals surface area contributed by atoms with Crippen LogP contribution in [0.15, 0.2) is 10.9 Å². The molecule has 0 saturated carbocycles. The number of nitrogens with one attached hydrogen (secondary N) is 2. The zero-order chi connectivity index (χ0) is 13.4. The van der Waals surface area contributed by atoms with Crippen molar-refractivity contribution in [2.45, 2.75) is 31.2 Å². The van der Waals surface area contributed by atoms with Crippen molar-refractivity contribution < 1.29 is 15.3 Å². The Hall–Kier alpha value is -1.41. The van der Waals surface area contributed by atoms with E-state index in [1.165, 1.54) is 0 Å². The smallest absolute Gasteiger partial charge is 0.254 e. The van der Waals surface area contributed by atoms with Crippen LogP contribution in [0.2, 0.25) is 0 Å². The highest BCUT2D eigenvalue weighted by molar-refractivity contribution is 5.41. The summed E-state index contributed by atoms with van der Waals surface area (Å²) < 4.78 is 0. The summed E-state index contributed by atoms with van der Waals surface area (Å²) in [6.45, 7) is 1.41. The molecule has 1 fully saturated rings. The molecule has 0 radical (unpaired) electrons. The Morgan fingerprint density at radius 1 is 1.39 bits per heavy atom. The van der Waals surface area contributed by atoms with Gasteiger partial charge < -0.3 is 31.4 Å². The van der Waals surface area contributed by atoms with E-state index in [0.717, 1.165) is 0 Å². The molecule has 2 rings (SSSR count). The van der Waals surface area contributed by atoms with Gasteiger partial charge in [-0.05, 0) is 18.6 Å². The minimum Gasteiger partial charge on any atom is -0.395 e. The number of aliphatic hydroxyl groups is 3. The molecule has 1 aromatic rings. The maximum atomic E-state index is 11.8. The molecule has 4 unspecified atom stereocenters. The molecule has 7 N–H and O–H groups in total. The number of pyridine rings is 1. The van der Waals surface area contributed by atoms with Gasteiger partial charge in [0.2, 0.25) is 0 Å². The van der Waals surface area contributed by atoms with Crippen molar-refractivity contribution in [1.82, 2.24) is 10.3 Å². The summed E-state index contributed by atoms with van der Waals surface area (Å²) in [5, 5.41) is 31.5. The maximum absolute atomic E-state index is 11.8. The maximum Gasteiger partial charge on any atom is 0.254 e. The second kappa shape index (κ2) is 4.69. The number of hydrogen-bond acceptors (Lipinski definition) is 6. The molecule has 18 heavy (non-hydrogen) atoms. The van der Waals surface area contributed by atoms with Crippen LogP contribution in [0.25, 0.3) is 0 Å². The van der Waals surface area contributed by atoms with Crippen molar-refractivity contribution in [2.24, 2.45) is 0 Å². The van der Waals surface area contributed by atoms with Gasteiger partial charge >= 0.3 is 0 Å². The first-order valence-corrected chi connectivity index (χ1v) is 5.68. The minimum absolute atomic E-state index is 0.274. The topological polar surface area (TPSA) is 132 Å². The van der Waals surface area contributed by atoms with E-state index in [-0.39, 0.29) is 12.4 Å². The lowest BCUT2D eigenvalue weighted by molar-refractivity contribution is 0.0193. The van der Waals surface area contributed by atoms with Gasteiger partial charge in [-0.3, -0.25) is 4.79 Å². The number of aryl methyl sites for hydroxylation is 1. The fraction of sp³-hybridized carbons (Fsp3) is 0.545. The molecule has 100 valence electrons. The number of nitrogen functional groups attached to an aromatic ring is 1. The number of rotatable bonds is 2. The second-order valence-corrected chi connectivity index (χ2v) is 4.57. The fourth-order valence-corrected chi connectivity index (χ4v) is 2.20. The molecular weight excluding hydrogens is 238 g/mol. The average Bonchev–Trinajstić information content (AvgIpc) is 2.61. The first kappa shape index (κ1) is 13.0. The minimum atomic E-state index is -1.15. The van der Waals surface area contributed by atoms with Gasteiger partial charge in [0.05, 0.1) is 24.8 Å². The van der Waals surface area contributed by atoms with E-state index < -0.39 is 29.9 Å². The number of aromatic nitrogens is 1. The molecule has 1 aliphatic rings. The molecule has 0 amide bonds. The monoisotopic (exact) mass is 255 g/mol. The predicted octanol–water partition coefficient (Wildman–Crippen LogP) is -2.01. The van der Waals surface area contributed by atoms with Gasteiger partial charge in [0, 0.05) is 5.56 Å². The molecule has 0 aromatic carbocycles. The van der Waals surface area contributed by atoms with Crippen LogP contribution >= 0.6 is 0 Å². The Morgan fingerprint density at radius 3 is 2.61 bits per heavy atom. The first-order valence-electron chi connectivity index (χ1n) is 5.68. The van der Waals surface area contributed by atoms with Gasteiger partial charge in [0.15, 0.2) is 0 Å². The summed E-state index contributed by atoms with van der Waals surface area (Å²) >= 11 is 0. The zero-order valence-corrected chi connectivity index (χ0v) is 9.92. The Labute approximate surface area is 103 Å². The summed E-state index contributed by atoms with van der Waals surface area (Å²) in [5.74, 6) is 0.274. The van der Waals surface area contributed by atoms with E-state index >= 15 is 0 Å². The summed E-state index contributed by atoms with van der Waals surface area (Å²) in [4.78, 5) is 14.3. The molecule has 0 aliphatic carbocycles. The van der Waals surface area contributed by atoms with E-state index in [1.807, 2.05) is 0 Å².